The Kier molecular flexibility index (Phi) is 5.15. The normalized spacial score (nSPS) is 16.1. The van der Waals surface area contributed by atoms with Gasteiger partial charge in [0.15, 0.2) is 0 Å². The molecule has 0 unspecified atom stereocenters. The van der Waals surface area contributed by atoms with Gasteiger partial charge in [0.1, 0.15) is 5.82 Å². The van der Waals surface area contributed by atoms with Gasteiger partial charge in [-0.15, -0.1) is 0 Å². The summed E-state index contributed by atoms with van der Waals surface area (Å²) in [6.07, 6.45) is 5.34. The molecular weight excluding hydrogens is 302 g/mol. The lowest BCUT2D eigenvalue weighted by Gasteiger charge is -2.32. The predicted octanol–water partition coefficient (Wildman–Crippen LogP) is 1.88. The van der Waals surface area contributed by atoms with E-state index in [1.54, 1.807) is 6.20 Å². The third-order valence-electron chi connectivity index (χ3n) is 4.38. The van der Waals surface area contributed by atoms with Crippen LogP contribution in [0.4, 0.5) is 0 Å². The number of hydrogen-bond acceptors (Lipinski definition) is 5. The van der Waals surface area contributed by atoms with E-state index in [1.165, 1.54) is 0 Å². The molecule has 0 aromatic carbocycles. The van der Waals surface area contributed by atoms with Crippen LogP contribution in [0.25, 0.3) is 0 Å². The maximum atomic E-state index is 12.4. The van der Waals surface area contributed by atoms with Crippen molar-refractivity contribution in [3.63, 3.8) is 0 Å². The zero-order valence-corrected chi connectivity index (χ0v) is 14.2. The number of rotatable bonds is 4. The van der Waals surface area contributed by atoms with Gasteiger partial charge >= 0.3 is 0 Å². The minimum atomic E-state index is -0.0734. The summed E-state index contributed by atoms with van der Waals surface area (Å²) in [5.41, 5.74) is 2.39. The van der Waals surface area contributed by atoms with Crippen molar-refractivity contribution in [2.75, 3.05) is 13.1 Å². The Hall–Kier alpha value is -2.34. The van der Waals surface area contributed by atoms with Crippen molar-refractivity contribution in [3.05, 3.63) is 53.4 Å². The standard InChI is InChI=1S/C18H23N5O/c1-13-17(11-20-14(2)21-13)18(24)22-15-6-9-23(10-7-15)12-16-5-3-4-8-19-16/h3-5,8,11,15H,6-7,9-10,12H2,1-2H3,(H,22,24). The van der Waals surface area contributed by atoms with E-state index in [2.05, 4.69) is 25.2 Å². The smallest absolute Gasteiger partial charge is 0.254 e. The molecule has 2 aromatic rings. The van der Waals surface area contributed by atoms with Crippen LogP contribution in [0.2, 0.25) is 0 Å². The fourth-order valence-electron chi connectivity index (χ4n) is 3.03. The van der Waals surface area contributed by atoms with Crippen molar-refractivity contribution < 1.29 is 4.79 Å². The summed E-state index contributed by atoms with van der Waals surface area (Å²) in [7, 11) is 0. The second kappa shape index (κ2) is 7.49. The molecule has 0 saturated carbocycles. The van der Waals surface area contributed by atoms with E-state index in [1.807, 2.05) is 38.2 Å². The highest BCUT2D eigenvalue weighted by atomic mass is 16.1. The molecule has 0 radical (unpaired) electrons. The molecule has 6 nitrogen and oxygen atoms in total. The van der Waals surface area contributed by atoms with Gasteiger partial charge in [0.25, 0.3) is 5.91 Å². The summed E-state index contributed by atoms with van der Waals surface area (Å²) in [6.45, 7) is 6.47. The Labute approximate surface area is 142 Å². The Morgan fingerprint density at radius 3 is 2.71 bits per heavy atom. The zero-order valence-electron chi connectivity index (χ0n) is 14.2. The summed E-state index contributed by atoms with van der Waals surface area (Å²) in [6, 6.07) is 6.20. The second-order valence-electron chi connectivity index (χ2n) is 6.26. The molecule has 6 heteroatoms. The number of hydrogen-bond donors (Lipinski definition) is 1. The van der Waals surface area contributed by atoms with Crippen molar-refractivity contribution >= 4 is 5.91 Å². The van der Waals surface area contributed by atoms with E-state index in [0.717, 1.165) is 43.9 Å². The van der Waals surface area contributed by atoms with E-state index in [9.17, 15) is 4.79 Å². The first-order valence-corrected chi connectivity index (χ1v) is 8.35. The van der Waals surface area contributed by atoms with Gasteiger partial charge in [-0.3, -0.25) is 14.7 Å². The topological polar surface area (TPSA) is 71.0 Å². The van der Waals surface area contributed by atoms with Gasteiger partial charge in [-0.05, 0) is 38.8 Å². The van der Waals surface area contributed by atoms with Crippen molar-refractivity contribution in [3.8, 4) is 0 Å². The number of likely N-dealkylation sites (tertiary alicyclic amines) is 1. The first-order chi connectivity index (χ1) is 11.6. The Balaban J connectivity index is 1.51. The summed E-state index contributed by atoms with van der Waals surface area (Å²) >= 11 is 0. The molecule has 1 saturated heterocycles. The molecule has 0 spiro atoms. The molecule has 1 aliphatic rings. The van der Waals surface area contributed by atoms with E-state index in [4.69, 9.17) is 0 Å². The summed E-state index contributed by atoms with van der Waals surface area (Å²) in [5, 5.41) is 3.12. The molecule has 1 aliphatic heterocycles. The van der Waals surface area contributed by atoms with Gasteiger partial charge in [0, 0.05) is 38.1 Å². The minimum absolute atomic E-state index is 0.0734. The molecule has 1 N–H and O–H groups in total. The third kappa shape index (κ3) is 4.14. The molecule has 1 fully saturated rings. The summed E-state index contributed by atoms with van der Waals surface area (Å²) in [5.74, 6) is 0.613. The van der Waals surface area contributed by atoms with Crippen LogP contribution in [0.3, 0.4) is 0 Å². The van der Waals surface area contributed by atoms with Gasteiger partial charge in [-0.2, -0.15) is 0 Å². The van der Waals surface area contributed by atoms with Crippen LogP contribution in [0.5, 0.6) is 0 Å². The van der Waals surface area contributed by atoms with Crippen molar-refractivity contribution in [1.29, 1.82) is 0 Å². The Morgan fingerprint density at radius 1 is 1.25 bits per heavy atom. The molecule has 1 amide bonds. The minimum Gasteiger partial charge on any atom is -0.349 e. The first-order valence-electron chi connectivity index (χ1n) is 8.35. The number of pyridine rings is 1. The third-order valence-corrected chi connectivity index (χ3v) is 4.38. The van der Waals surface area contributed by atoms with Crippen molar-refractivity contribution in [2.45, 2.75) is 39.3 Å². The van der Waals surface area contributed by atoms with Crippen LogP contribution >= 0.6 is 0 Å². The molecule has 0 atom stereocenters. The van der Waals surface area contributed by atoms with Crippen LogP contribution in [0.1, 0.15) is 40.4 Å². The number of carbonyl (C=O) groups is 1. The fraction of sp³-hybridized carbons (Fsp3) is 0.444. The first kappa shape index (κ1) is 16.5. The highest BCUT2D eigenvalue weighted by molar-refractivity contribution is 5.95. The summed E-state index contributed by atoms with van der Waals surface area (Å²) in [4.78, 5) is 27.5. The molecule has 0 bridgehead atoms. The number of aromatic nitrogens is 3. The Morgan fingerprint density at radius 2 is 2.04 bits per heavy atom. The van der Waals surface area contributed by atoms with E-state index >= 15 is 0 Å². The lowest BCUT2D eigenvalue weighted by Crippen LogP contribution is -2.44. The molecule has 126 valence electrons. The monoisotopic (exact) mass is 325 g/mol. The SMILES string of the molecule is Cc1ncc(C(=O)NC2CCN(Cc3ccccn3)CC2)c(C)n1. The van der Waals surface area contributed by atoms with Gasteiger partial charge in [0.2, 0.25) is 0 Å². The van der Waals surface area contributed by atoms with Gasteiger partial charge in [-0.1, -0.05) is 6.07 Å². The van der Waals surface area contributed by atoms with E-state index in [-0.39, 0.29) is 11.9 Å². The second-order valence-corrected chi connectivity index (χ2v) is 6.26. The van der Waals surface area contributed by atoms with E-state index in [0.29, 0.717) is 11.4 Å². The van der Waals surface area contributed by atoms with Crippen molar-refractivity contribution in [2.24, 2.45) is 0 Å². The highest BCUT2D eigenvalue weighted by Crippen LogP contribution is 2.14. The molecule has 24 heavy (non-hydrogen) atoms. The average molecular weight is 325 g/mol. The largest absolute Gasteiger partial charge is 0.349 e. The van der Waals surface area contributed by atoms with Crippen LogP contribution < -0.4 is 5.32 Å². The maximum absolute atomic E-state index is 12.4. The molecule has 2 aromatic heterocycles. The van der Waals surface area contributed by atoms with Crippen LogP contribution in [-0.4, -0.2) is 44.9 Å². The Bertz CT molecular complexity index is 696. The number of amides is 1. The number of piperidine rings is 1. The van der Waals surface area contributed by atoms with Crippen LogP contribution in [-0.2, 0) is 6.54 Å². The van der Waals surface area contributed by atoms with Gasteiger partial charge < -0.3 is 5.32 Å². The zero-order chi connectivity index (χ0) is 16.9. The number of nitrogens with zero attached hydrogens (tertiary/aromatic N) is 4. The number of aryl methyl sites for hydroxylation is 2. The van der Waals surface area contributed by atoms with Crippen molar-refractivity contribution in [1.82, 2.24) is 25.2 Å². The highest BCUT2D eigenvalue weighted by Gasteiger charge is 2.22. The maximum Gasteiger partial charge on any atom is 0.254 e. The van der Waals surface area contributed by atoms with Crippen LogP contribution in [0, 0.1) is 13.8 Å². The van der Waals surface area contributed by atoms with Crippen LogP contribution in [0.15, 0.2) is 30.6 Å². The molecule has 0 aliphatic carbocycles. The lowest BCUT2D eigenvalue weighted by molar-refractivity contribution is 0.0907. The van der Waals surface area contributed by atoms with Gasteiger partial charge in [0.05, 0.1) is 17.0 Å². The van der Waals surface area contributed by atoms with Gasteiger partial charge in [-0.25, -0.2) is 9.97 Å². The lowest BCUT2D eigenvalue weighted by atomic mass is 10.0. The quantitative estimate of drug-likeness (QED) is 0.929. The van der Waals surface area contributed by atoms with E-state index < -0.39 is 0 Å². The predicted molar refractivity (Wildman–Crippen MR) is 91.5 cm³/mol. The molecular formula is C18H23N5O. The molecule has 3 heterocycles. The number of nitrogens with one attached hydrogen (secondary N) is 1. The number of carbonyl (C=O) groups excluding carboxylic acids is 1. The fourth-order valence-corrected chi connectivity index (χ4v) is 3.03. The molecule has 3 rings (SSSR count). The summed E-state index contributed by atoms with van der Waals surface area (Å²) < 4.78 is 0. The average Bonchev–Trinajstić information content (AvgIpc) is 2.57.